The van der Waals surface area contributed by atoms with E-state index < -0.39 is 11.7 Å². The molecule has 1 aliphatic carbocycles. The molecule has 6 nitrogen and oxygen atoms in total. The van der Waals surface area contributed by atoms with Crippen molar-refractivity contribution < 1.29 is 14.3 Å². The second-order valence-electron chi connectivity index (χ2n) is 7.42. The lowest BCUT2D eigenvalue weighted by Gasteiger charge is -2.37. The summed E-state index contributed by atoms with van der Waals surface area (Å²) in [4.78, 5) is 27.5. The highest BCUT2D eigenvalue weighted by molar-refractivity contribution is 6.42. The van der Waals surface area contributed by atoms with Gasteiger partial charge in [0.25, 0.3) is 11.7 Å². The molecule has 0 N–H and O–H groups in total. The van der Waals surface area contributed by atoms with Gasteiger partial charge in [0.1, 0.15) is 0 Å². The largest absolute Gasteiger partial charge is 0.376 e. The van der Waals surface area contributed by atoms with E-state index >= 15 is 0 Å². The van der Waals surface area contributed by atoms with E-state index in [1.54, 1.807) is 15.8 Å². The Hall–Kier alpha value is -1.69. The monoisotopic (exact) mass is 347 g/mol. The van der Waals surface area contributed by atoms with Crippen LogP contribution in [-0.4, -0.2) is 51.7 Å². The molecule has 1 amide bonds. The summed E-state index contributed by atoms with van der Waals surface area (Å²) < 4.78 is 7.40. The van der Waals surface area contributed by atoms with E-state index in [0.29, 0.717) is 24.6 Å². The average Bonchev–Trinajstić information content (AvgIpc) is 3.31. The number of ether oxygens (including phenoxy) is 1. The molecule has 2 aliphatic rings. The zero-order valence-electron chi connectivity index (χ0n) is 15.3. The molecule has 0 aromatic carbocycles. The quantitative estimate of drug-likeness (QED) is 0.586. The number of rotatable bonds is 6. The number of Topliss-reactive ketones (excluding diaryl/α,β-unsaturated/α-hetero) is 1. The summed E-state index contributed by atoms with van der Waals surface area (Å²) in [5.74, 6) is -0.142. The number of hydrogen-bond acceptors (Lipinski definition) is 4. The summed E-state index contributed by atoms with van der Waals surface area (Å²) in [7, 11) is 0. The van der Waals surface area contributed by atoms with Gasteiger partial charge in [-0.15, -0.1) is 0 Å². The Bertz CT molecular complexity index is 599. The standard InChI is InChI=1S/C19H29N3O3/c1-3-21-12-15(11-20-21)18(23)19(24)22(13-17-5-4-10-25-17)16-8-6-14(2)7-9-16/h11-12,14,16-17H,3-10,13H2,1-2H3. The summed E-state index contributed by atoms with van der Waals surface area (Å²) in [6.07, 6.45) is 9.39. The molecule has 0 spiro atoms. The molecule has 138 valence electrons. The third-order valence-corrected chi connectivity index (χ3v) is 5.53. The highest BCUT2D eigenvalue weighted by atomic mass is 16.5. The van der Waals surface area contributed by atoms with Gasteiger partial charge in [0.2, 0.25) is 0 Å². The van der Waals surface area contributed by atoms with Crippen LogP contribution in [-0.2, 0) is 16.1 Å². The Morgan fingerprint density at radius 3 is 2.64 bits per heavy atom. The minimum atomic E-state index is -0.448. The summed E-state index contributed by atoms with van der Waals surface area (Å²) in [6, 6.07) is 0.151. The molecule has 0 radical (unpaired) electrons. The molecule has 3 rings (SSSR count). The molecule has 0 bridgehead atoms. The van der Waals surface area contributed by atoms with Crippen LogP contribution >= 0.6 is 0 Å². The first kappa shape index (κ1) is 18.1. The Morgan fingerprint density at radius 2 is 2.04 bits per heavy atom. The van der Waals surface area contributed by atoms with Crippen LogP contribution in [0.3, 0.4) is 0 Å². The van der Waals surface area contributed by atoms with E-state index in [4.69, 9.17) is 4.74 Å². The van der Waals surface area contributed by atoms with E-state index in [0.717, 1.165) is 45.1 Å². The topological polar surface area (TPSA) is 64.4 Å². The maximum absolute atomic E-state index is 13.0. The minimum Gasteiger partial charge on any atom is -0.376 e. The van der Waals surface area contributed by atoms with Gasteiger partial charge in [-0.3, -0.25) is 14.3 Å². The number of amides is 1. The average molecular weight is 347 g/mol. The maximum Gasteiger partial charge on any atom is 0.295 e. The summed E-state index contributed by atoms with van der Waals surface area (Å²) in [5.41, 5.74) is 0.383. The van der Waals surface area contributed by atoms with Gasteiger partial charge >= 0.3 is 0 Å². The molecule has 1 aliphatic heterocycles. The van der Waals surface area contributed by atoms with Crippen molar-refractivity contribution in [3.05, 3.63) is 18.0 Å². The number of ketones is 1. The van der Waals surface area contributed by atoms with Gasteiger partial charge in [0.05, 0.1) is 17.9 Å². The Balaban J connectivity index is 1.74. The zero-order valence-corrected chi connectivity index (χ0v) is 15.3. The molecule has 2 fully saturated rings. The highest BCUT2D eigenvalue weighted by Gasteiger charge is 2.34. The van der Waals surface area contributed by atoms with Crippen molar-refractivity contribution in [2.75, 3.05) is 13.2 Å². The molecule has 2 heterocycles. The Kier molecular flexibility index (Phi) is 5.89. The molecule has 1 aromatic rings. The number of nitrogens with zero attached hydrogens (tertiary/aromatic N) is 3. The molecule has 1 unspecified atom stereocenters. The van der Waals surface area contributed by atoms with Crippen molar-refractivity contribution in [3.63, 3.8) is 0 Å². The lowest BCUT2D eigenvalue weighted by Crippen LogP contribution is -2.48. The van der Waals surface area contributed by atoms with Crippen LogP contribution in [0, 0.1) is 5.92 Å². The van der Waals surface area contributed by atoms with Crippen molar-refractivity contribution in [1.82, 2.24) is 14.7 Å². The summed E-state index contributed by atoms with van der Waals surface area (Å²) >= 11 is 0. The molecule has 6 heteroatoms. The van der Waals surface area contributed by atoms with Gasteiger partial charge in [-0.1, -0.05) is 6.92 Å². The molecule has 1 saturated carbocycles. The number of aryl methyl sites for hydroxylation is 1. The van der Waals surface area contributed by atoms with Crippen molar-refractivity contribution >= 4 is 11.7 Å². The fraction of sp³-hybridized carbons (Fsp3) is 0.737. The van der Waals surface area contributed by atoms with Crippen LogP contribution in [0.2, 0.25) is 0 Å². The van der Waals surface area contributed by atoms with Crippen LogP contribution < -0.4 is 0 Å². The lowest BCUT2D eigenvalue weighted by atomic mass is 9.86. The first-order valence-corrected chi connectivity index (χ1v) is 9.57. The minimum absolute atomic E-state index is 0.0643. The van der Waals surface area contributed by atoms with Gasteiger partial charge in [-0.2, -0.15) is 5.10 Å². The van der Waals surface area contributed by atoms with E-state index in [1.807, 2.05) is 6.92 Å². The molecule has 1 saturated heterocycles. The fourth-order valence-electron chi connectivity index (χ4n) is 3.87. The molecule has 1 atom stereocenters. The predicted octanol–water partition coefficient (Wildman–Crippen LogP) is 2.67. The second kappa shape index (κ2) is 8.13. The zero-order chi connectivity index (χ0) is 17.8. The van der Waals surface area contributed by atoms with Crippen LogP contribution in [0.15, 0.2) is 12.4 Å². The molecular weight excluding hydrogens is 318 g/mol. The van der Waals surface area contributed by atoms with Crippen LogP contribution in [0.25, 0.3) is 0 Å². The van der Waals surface area contributed by atoms with E-state index in [2.05, 4.69) is 12.0 Å². The summed E-state index contributed by atoms with van der Waals surface area (Å²) in [6.45, 7) is 6.18. The Labute approximate surface area is 149 Å². The van der Waals surface area contributed by atoms with E-state index in [9.17, 15) is 9.59 Å². The van der Waals surface area contributed by atoms with Crippen LogP contribution in [0.5, 0.6) is 0 Å². The molecule has 25 heavy (non-hydrogen) atoms. The van der Waals surface area contributed by atoms with Gasteiger partial charge < -0.3 is 9.64 Å². The van der Waals surface area contributed by atoms with Gasteiger partial charge in [-0.05, 0) is 51.4 Å². The number of hydrogen-bond donors (Lipinski definition) is 0. The molecule has 1 aromatic heterocycles. The number of carbonyl (C=O) groups excluding carboxylic acids is 2. The lowest BCUT2D eigenvalue weighted by molar-refractivity contribution is -0.131. The first-order chi connectivity index (χ1) is 12.1. The van der Waals surface area contributed by atoms with Gasteiger partial charge in [0.15, 0.2) is 0 Å². The predicted molar refractivity (Wildman–Crippen MR) is 94.3 cm³/mol. The number of carbonyl (C=O) groups is 2. The van der Waals surface area contributed by atoms with Crippen molar-refractivity contribution in [2.45, 2.75) is 71.1 Å². The number of aromatic nitrogens is 2. The van der Waals surface area contributed by atoms with E-state index in [-0.39, 0.29) is 12.1 Å². The highest BCUT2D eigenvalue weighted by Crippen LogP contribution is 2.28. The third-order valence-electron chi connectivity index (χ3n) is 5.53. The fourth-order valence-corrected chi connectivity index (χ4v) is 3.87. The maximum atomic E-state index is 13.0. The van der Waals surface area contributed by atoms with Crippen molar-refractivity contribution in [1.29, 1.82) is 0 Å². The first-order valence-electron chi connectivity index (χ1n) is 9.57. The second-order valence-corrected chi connectivity index (χ2v) is 7.42. The smallest absolute Gasteiger partial charge is 0.295 e. The van der Waals surface area contributed by atoms with Gasteiger partial charge in [0, 0.05) is 31.9 Å². The van der Waals surface area contributed by atoms with E-state index in [1.165, 1.54) is 6.20 Å². The van der Waals surface area contributed by atoms with Crippen molar-refractivity contribution in [2.24, 2.45) is 5.92 Å². The SMILES string of the molecule is CCn1cc(C(=O)C(=O)N(CC2CCCO2)C2CCC(C)CC2)cn1. The summed E-state index contributed by atoms with van der Waals surface area (Å²) in [5, 5.41) is 4.12. The Morgan fingerprint density at radius 1 is 1.28 bits per heavy atom. The van der Waals surface area contributed by atoms with Crippen molar-refractivity contribution in [3.8, 4) is 0 Å². The molecular formula is C19H29N3O3. The normalized spacial score (nSPS) is 26.6. The van der Waals surface area contributed by atoms with Crippen LogP contribution in [0.4, 0.5) is 0 Å². The third kappa shape index (κ3) is 4.29. The van der Waals surface area contributed by atoms with Crippen LogP contribution in [0.1, 0.15) is 62.7 Å². The van der Waals surface area contributed by atoms with Gasteiger partial charge in [-0.25, -0.2) is 0 Å².